The van der Waals surface area contributed by atoms with E-state index in [2.05, 4.69) is 6.92 Å². The second kappa shape index (κ2) is 5.70. The van der Waals surface area contributed by atoms with Gasteiger partial charge in [-0.25, -0.2) is 0 Å². The van der Waals surface area contributed by atoms with Crippen molar-refractivity contribution >= 4 is 11.9 Å². The number of carbonyl (C=O) groups excluding carboxylic acids is 2. The molecular weight excluding hydrogens is 272 g/mol. The highest BCUT2D eigenvalue weighted by molar-refractivity contribution is 6.01. The molecule has 0 aromatic rings. The molecule has 0 aromatic carbocycles. The van der Waals surface area contributed by atoms with Crippen molar-refractivity contribution in [1.29, 1.82) is 0 Å². The highest BCUT2D eigenvalue weighted by Gasteiger charge is 2.74. The molecule has 0 unspecified atom stereocenters. The van der Waals surface area contributed by atoms with E-state index >= 15 is 0 Å². The maximum Gasteiger partial charge on any atom is 0.323 e. The molecule has 0 bridgehead atoms. The molecule has 5 heteroatoms. The number of esters is 2. The van der Waals surface area contributed by atoms with Gasteiger partial charge in [0.05, 0.1) is 26.6 Å². The molecule has 0 heterocycles. The maximum atomic E-state index is 12.4. The van der Waals surface area contributed by atoms with Gasteiger partial charge in [0.2, 0.25) is 0 Å². The first-order chi connectivity index (χ1) is 9.98. The molecule has 0 aromatic heterocycles. The molecule has 0 aliphatic heterocycles. The van der Waals surface area contributed by atoms with Gasteiger partial charge in [-0.1, -0.05) is 6.92 Å². The SMILES string of the molecule is CCOC(=O)C1(C(=O)OCC)C[C@@H]2[C@@H](C)[C@]2(/C=C/OC)C1. The average molecular weight is 296 g/mol. The van der Waals surface area contributed by atoms with Crippen LogP contribution in [0.3, 0.4) is 0 Å². The van der Waals surface area contributed by atoms with E-state index in [0.29, 0.717) is 24.7 Å². The van der Waals surface area contributed by atoms with E-state index in [1.54, 1.807) is 27.2 Å². The topological polar surface area (TPSA) is 61.8 Å². The lowest BCUT2D eigenvalue weighted by Crippen LogP contribution is -2.42. The summed E-state index contributed by atoms with van der Waals surface area (Å²) in [4.78, 5) is 24.8. The highest BCUT2D eigenvalue weighted by Crippen LogP contribution is 2.74. The molecule has 2 aliphatic carbocycles. The Balaban J connectivity index is 2.27. The molecule has 118 valence electrons. The third-order valence-electron chi connectivity index (χ3n) is 5.06. The zero-order chi connectivity index (χ0) is 15.7. The molecule has 0 N–H and O–H groups in total. The molecular formula is C16H24O5. The van der Waals surface area contributed by atoms with Gasteiger partial charge >= 0.3 is 11.9 Å². The fourth-order valence-corrected chi connectivity index (χ4v) is 3.85. The molecule has 2 fully saturated rings. The van der Waals surface area contributed by atoms with Crippen LogP contribution in [0.25, 0.3) is 0 Å². The zero-order valence-corrected chi connectivity index (χ0v) is 13.2. The van der Waals surface area contributed by atoms with E-state index in [1.165, 1.54) is 0 Å². The fraction of sp³-hybridized carbons (Fsp3) is 0.750. The minimum atomic E-state index is -1.15. The van der Waals surface area contributed by atoms with E-state index < -0.39 is 17.4 Å². The molecule has 0 saturated heterocycles. The molecule has 0 radical (unpaired) electrons. The summed E-state index contributed by atoms with van der Waals surface area (Å²) < 4.78 is 15.3. The van der Waals surface area contributed by atoms with Crippen LogP contribution in [-0.4, -0.2) is 32.3 Å². The minimum absolute atomic E-state index is 0.143. The normalized spacial score (nSPS) is 32.6. The van der Waals surface area contributed by atoms with Crippen molar-refractivity contribution in [2.75, 3.05) is 20.3 Å². The maximum absolute atomic E-state index is 12.4. The van der Waals surface area contributed by atoms with E-state index in [9.17, 15) is 9.59 Å². The molecule has 3 atom stereocenters. The summed E-state index contributed by atoms with van der Waals surface area (Å²) in [5.74, 6) is -0.153. The van der Waals surface area contributed by atoms with Crippen LogP contribution in [0.2, 0.25) is 0 Å². The zero-order valence-electron chi connectivity index (χ0n) is 13.2. The van der Waals surface area contributed by atoms with Crippen LogP contribution >= 0.6 is 0 Å². The Morgan fingerprint density at radius 1 is 1.19 bits per heavy atom. The van der Waals surface area contributed by atoms with Gasteiger partial charge in [0.1, 0.15) is 0 Å². The highest BCUT2D eigenvalue weighted by atomic mass is 16.6. The average Bonchev–Trinajstić information content (AvgIpc) is 2.85. The van der Waals surface area contributed by atoms with Crippen molar-refractivity contribution in [2.45, 2.75) is 33.6 Å². The number of hydrogen-bond acceptors (Lipinski definition) is 5. The van der Waals surface area contributed by atoms with Crippen molar-refractivity contribution in [2.24, 2.45) is 22.7 Å². The second-order valence-corrected chi connectivity index (χ2v) is 5.95. The number of rotatable bonds is 6. The van der Waals surface area contributed by atoms with Gasteiger partial charge in [-0.2, -0.15) is 0 Å². The first-order valence-electron chi connectivity index (χ1n) is 7.53. The third kappa shape index (κ3) is 2.32. The Hall–Kier alpha value is -1.52. The molecule has 2 aliphatic rings. The Morgan fingerprint density at radius 2 is 1.76 bits per heavy atom. The van der Waals surface area contributed by atoms with Crippen LogP contribution in [0.4, 0.5) is 0 Å². The minimum Gasteiger partial charge on any atom is -0.505 e. The van der Waals surface area contributed by atoms with Gasteiger partial charge in [0.15, 0.2) is 5.41 Å². The Morgan fingerprint density at radius 3 is 2.24 bits per heavy atom. The van der Waals surface area contributed by atoms with Gasteiger partial charge in [-0.15, -0.1) is 0 Å². The molecule has 5 nitrogen and oxygen atoms in total. The van der Waals surface area contributed by atoms with Crippen LogP contribution in [0.1, 0.15) is 33.6 Å². The van der Waals surface area contributed by atoms with E-state index in [4.69, 9.17) is 14.2 Å². The smallest absolute Gasteiger partial charge is 0.323 e. The van der Waals surface area contributed by atoms with Crippen LogP contribution in [0, 0.1) is 22.7 Å². The van der Waals surface area contributed by atoms with Crippen LogP contribution in [0.15, 0.2) is 12.3 Å². The largest absolute Gasteiger partial charge is 0.505 e. The van der Waals surface area contributed by atoms with Crippen LogP contribution < -0.4 is 0 Å². The lowest BCUT2D eigenvalue weighted by molar-refractivity contribution is -0.173. The Labute approximate surface area is 125 Å². The third-order valence-corrected chi connectivity index (χ3v) is 5.06. The number of ether oxygens (including phenoxy) is 3. The summed E-state index contributed by atoms with van der Waals surface area (Å²) in [5, 5.41) is 0. The van der Waals surface area contributed by atoms with Gasteiger partial charge < -0.3 is 14.2 Å². The van der Waals surface area contributed by atoms with E-state index in [0.717, 1.165) is 0 Å². The molecule has 0 spiro atoms. The summed E-state index contributed by atoms with van der Waals surface area (Å²) in [6.45, 7) is 6.17. The van der Waals surface area contributed by atoms with Crippen LogP contribution in [0.5, 0.6) is 0 Å². The quantitative estimate of drug-likeness (QED) is 0.427. The van der Waals surface area contributed by atoms with Crippen molar-refractivity contribution in [3.63, 3.8) is 0 Å². The van der Waals surface area contributed by atoms with E-state index in [-0.39, 0.29) is 18.6 Å². The predicted octanol–water partition coefficient (Wildman–Crippen LogP) is 2.31. The van der Waals surface area contributed by atoms with Crippen molar-refractivity contribution in [1.82, 2.24) is 0 Å². The number of methoxy groups -OCH3 is 1. The second-order valence-electron chi connectivity index (χ2n) is 5.95. The monoisotopic (exact) mass is 296 g/mol. The first kappa shape index (κ1) is 15.9. The molecule has 2 saturated carbocycles. The van der Waals surface area contributed by atoms with Crippen molar-refractivity contribution in [3.8, 4) is 0 Å². The van der Waals surface area contributed by atoms with Gasteiger partial charge in [-0.05, 0) is 50.0 Å². The Kier molecular flexibility index (Phi) is 4.30. The first-order valence-corrected chi connectivity index (χ1v) is 7.53. The standard InChI is InChI=1S/C16H24O5/c1-5-20-13(17)16(14(18)21-6-2)9-12-11(3)15(12,10-16)7-8-19-4/h7-8,11-12H,5-6,9-10H2,1-4H3/b8-7+/t11-,12-,15+/m1/s1. The van der Waals surface area contributed by atoms with Crippen molar-refractivity contribution in [3.05, 3.63) is 12.3 Å². The number of carbonyl (C=O) groups is 2. The fourth-order valence-electron chi connectivity index (χ4n) is 3.85. The lowest BCUT2D eigenvalue weighted by Gasteiger charge is -2.28. The van der Waals surface area contributed by atoms with Gasteiger partial charge in [0, 0.05) is 0 Å². The number of fused-ring (bicyclic) bond motifs is 1. The summed E-state index contributed by atoms with van der Waals surface area (Å²) in [6, 6.07) is 0. The summed E-state index contributed by atoms with van der Waals surface area (Å²) >= 11 is 0. The molecule has 2 rings (SSSR count). The molecule has 0 amide bonds. The summed E-state index contributed by atoms with van der Waals surface area (Å²) in [5.41, 5.74) is -1.29. The summed E-state index contributed by atoms with van der Waals surface area (Å²) in [6.07, 6.45) is 4.58. The van der Waals surface area contributed by atoms with Gasteiger partial charge in [0.25, 0.3) is 0 Å². The van der Waals surface area contributed by atoms with Crippen molar-refractivity contribution < 1.29 is 23.8 Å². The number of allylic oxidation sites excluding steroid dienone is 1. The Bertz CT molecular complexity index is 438. The molecule has 21 heavy (non-hydrogen) atoms. The van der Waals surface area contributed by atoms with E-state index in [1.807, 2.05) is 6.08 Å². The number of hydrogen-bond donors (Lipinski definition) is 0. The predicted molar refractivity (Wildman–Crippen MR) is 76.2 cm³/mol. The van der Waals surface area contributed by atoms with Crippen LogP contribution in [-0.2, 0) is 23.8 Å². The lowest BCUT2D eigenvalue weighted by atomic mass is 9.78. The van der Waals surface area contributed by atoms with Gasteiger partial charge in [-0.3, -0.25) is 9.59 Å². The summed E-state index contributed by atoms with van der Waals surface area (Å²) in [7, 11) is 1.59.